The number of ketones is 2. The number of fused-ring (bicyclic) bond motifs is 6. The third-order valence-corrected chi connectivity index (χ3v) is 6.58. The smallest absolute Gasteiger partial charge is 0.342 e. The van der Waals surface area contributed by atoms with E-state index in [2.05, 4.69) is 0 Å². The highest BCUT2D eigenvalue weighted by atomic mass is 16.5. The van der Waals surface area contributed by atoms with Crippen LogP contribution in [-0.4, -0.2) is 31.8 Å². The van der Waals surface area contributed by atoms with E-state index in [1.165, 1.54) is 7.11 Å². The van der Waals surface area contributed by atoms with E-state index < -0.39 is 17.5 Å². The van der Waals surface area contributed by atoms with Crippen LogP contribution in [0.3, 0.4) is 0 Å². The van der Waals surface area contributed by atoms with Crippen molar-refractivity contribution in [1.82, 2.24) is 0 Å². The Morgan fingerprint density at radius 3 is 2.14 bits per heavy atom. The Kier molecular flexibility index (Phi) is 5.26. The predicted molar refractivity (Wildman–Crippen MR) is 136 cm³/mol. The zero-order chi connectivity index (χ0) is 25.7. The average Bonchev–Trinajstić information content (AvgIpc) is 3.35. The van der Waals surface area contributed by atoms with Gasteiger partial charge < -0.3 is 18.6 Å². The number of rotatable bonds is 5. The van der Waals surface area contributed by atoms with Gasteiger partial charge in [-0.2, -0.15) is 0 Å². The van der Waals surface area contributed by atoms with Gasteiger partial charge in [0.05, 0.1) is 25.2 Å². The normalized spacial score (nSPS) is 12.4. The molecular formula is C30H20O7. The first-order valence-electron chi connectivity index (χ1n) is 11.6. The minimum atomic E-state index is -0.705. The van der Waals surface area contributed by atoms with Crippen molar-refractivity contribution in [3.05, 3.63) is 106 Å². The quantitative estimate of drug-likeness (QED) is 0.284. The van der Waals surface area contributed by atoms with Crippen LogP contribution in [0, 0.1) is 0 Å². The number of hydrogen-bond acceptors (Lipinski definition) is 7. The second-order valence-electron chi connectivity index (χ2n) is 8.59. The summed E-state index contributed by atoms with van der Waals surface area (Å²) in [5.41, 5.74) is 1.70. The number of carbonyl (C=O) groups excluding carboxylic acids is 3. The summed E-state index contributed by atoms with van der Waals surface area (Å²) in [7, 11) is 2.84. The molecule has 7 nitrogen and oxygen atoms in total. The van der Waals surface area contributed by atoms with Gasteiger partial charge in [-0.05, 0) is 17.7 Å². The third kappa shape index (κ3) is 3.39. The van der Waals surface area contributed by atoms with Gasteiger partial charge in [-0.1, -0.05) is 60.7 Å². The van der Waals surface area contributed by atoms with E-state index in [0.717, 1.165) is 5.56 Å². The van der Waals surface area contributed by atoms with Crippen molar-refractivity contribution in [3.8, 4) is 11.5 Å². The van der Waals surface area contributed by atoms with Gasteiger partial charge >= 0.3 is 5.97 Å². The van der Waals surface area contributed by atoms with E-state index in [1.54, 1.807) is 43.5 Å². The molecule has 0 bridgehead atoms. The molecule has 5 aromatic rings. The molecule has 0 saturated carbocycles. The Bertz CT molecular complexity index is 1740. The lowest BCUT2D eigenvalue weighted by atomic mass is 9.85. The molecule has 4 aromatic carbocycles. The number of furan rings is 1. The summed E-state index contributed by atoms with van der Waals surface area (Å²) in [5.74, 6) is -0.662. The van der Waals surface area contributed by atoms with Crippen molar-refractivity contribution >= 4 is 39.3 Å². The number of methoxy groups -OCH3 is 2. The van der Waals surface area contributed by atoms with E-state index in [4.69, 9.17) is 18.6 Å². The number of esters is 1. The largest absolute Gasteiger partial charge is 0.497 e. The van der Waals surface area contributed by atoms with Crippen LogP contribution in [-0.2, 0) is 11.3 Å². The fourth-order valence-electron chi connectivity index (χ4n) is 4.82. The van der Waals surface area contributed by atoms with Crippen LogP contribution in [0.15, 0.2) is 77.2 Å². The van der Waals surface area contributed by atoms with E-state index in [9.17, 15) is 14.4 Å². The Balaban J connectivity index is 1.63. The molecule has 0 amide bonds. The minimum absolute atomic E-state index is 0.0373. The molecule has 1 heterocycles. The van der Waals surface area contributed by atoms with Gasteiger partial charge in [0, 0.05) is 21.9 Å². The summed E-state index contributed by atoms with van der Waals surface area (Å²) in [5, 5.41) is 1.40. The molecular weight excluding hydrogens is 472 g/mol. The highest BCUT2D eigenvalue weighted by Crippen LogP contribution is 2.45. The molecule has 0 atom stereocenters. The number of hydrogen-bond donors (Lipinski definition) is 0. The number of carbonyl (C=O) groups is 3. The van der Waals surface area contributed by atoms with Crippen molar-refractivity contribution in [2.45, 2.75) is 6.61 Å². The van der Waals surface area contributed by atoms with Crippen LogP contribution in [0.4, 0.5) is 0 Å². The van der Waals surface area contributed by atoms with E-state index in [0.29, 0.717) is 16.5 Å². The van der Waals surface area contributed by atoms with Crippen LogP contribution in [0.2, 0.25) is 0 Å². The summed E-state index contributed by atoms with van der Waals surface area (Å²) in [4.78, 5) is 40.3. The molecule has 1 aliphatic rings. The molecule has 6 rings (SSSR count). The zero-order valence-electron chi connectivity index (χ0n) is 20.0. The lowest BCUT2D eigenvalue weighted by Crippen LogP contribution is -2.20. The fraction of sp³-hybridized carbons (Fsp3) is 0.100. The van der Waals surface area contributed by atoms with Crippen molar-refractivity contribution in [3.63, 3.8) is 0 Å². The molecule has 0 fully saturated rings. The van der Waals surface area contributed by atoms with Gasteiger partial charge in [-0.15, -0.1) is 0 Å². The number of benzene rings is 4. The summed E-state index contributed by atoms with van der Waals surface area (Å²) >= 11 is 0. The van der Waals surface area contributed by atoms with Crippen LogP contribution in [0.1, 0.15) is 48.0 Å². The second kappa shape index (κ2) is 8.64. The van der Waals surface area contributed by atoms with E-state index in [1.807, 2.05) is 36.4 Å². The Morgan fingerprint density at radius 1 is 0.811 bits per heavy atom. The van der Waals surface area contributed by atoms with Gasteiger partial charge in [0.1, 0.15) is 29.3 Å². The molecule has 0 spiro atoms. The zero-order valence-corrected chi connectivity index (χ0v) is 20.0. The Hall–Kier alpha value is -4.91. The highest BCUT2D eigenvalue weighted by molar-refractivity contribution is 6.34. The van der Waals surface area contributed by atoms with Crippen molar-refractivity contribution in [1.29, 1.82) is 0 Å². The lowest BCUT2D eigenvalue weighted by molar-refractivity contribution is 0.0598. The van der Waals surface area contributed by atoms with Crippen LogP contribution >= 0.6 is 0 Å². The first kappa shape index (κ1) is 22.5. The topological polar surface area (TPSA) is 92.0 Å². The molecule has 1 aromatic heterocycles. The van der Waals surface area contributed by atoms with Gasteiger partial charge in [-0.25, -0.2) is 4.79 Å². The third-order valence-electron chi connectivity index (χ3n) is 6.58. The molecule has 0 unspecified atom stereocenters. The summed E-state index contributed by atoms with van der Waals surface area (Å²) < 4.78 is 22.7. The Labute approximate surface area is 211 Å². The fourth-order valence-corrected chi connectivity index (χ4v) is 4.82. The molecule has 1 aliphatic carbocycles. The van der Waals surface area contributed by atoms with Gasteiger partial charge in [0.15, 0.2) is 11.5 Å². The second-order valence-corrected chi connectivity index (χ2v) is 8.59. The molecule has 0 aliphatic heterocycles. The van der Waals surface area contributed by atoms with Crippen LogP contribution in [0.5, 0.6) is 11.5 Å². The predicted octanol–water partition coefficient (Wildman–Crippen LogP) is 5.74. The van der Waals surface area contributed by atoms with Crippen molar-refractivity contribution < 1.29 is 33.0 Å². The van der Waals surface area contributed by atoms with E-state index >= 15 is 0 Å². The summed E-state index contributed by atoms with van der Waals surface area (Å²) in [6.07, 6.45) is 0. The maximum absolute atomic E-state index is 13.7. The monoisotopic (exact) mass is 492 g/mol. The summed E-state index contributed by atoms with van der Waals surface area (Å²) in [6.45, 7) is 0.138. The standard InChI is InChI=1S/C30H20O7/c1-34-17-13-11-16(12-14-17)15-36-27-20-9-5-6-10-21(20)28-22(24(27)30(33)35-2)23-25(31)18-7-3-4-8-19(18)26(32)29(23)37-28/h3-14H,15H2,1-2H3. The first-order valence-corrected chi connectivity index (χ1v) is 11.6. The Morgan fingerprint density at radius 2 is 1.46 bits per heavy atom. The highest BCUT2D eigenvalue weighted by Gasteiger charge is 2.38. The van der Waals surface area contributed by atoms with Crippen LogP contribution < -0.4 is 9.47 Å². The van der Waals surface area contributed by atoms with Crippen molar-refractivity contribution in [2.75, 3.05) is 14.2 Å². The first-order chi connectivity index (χ1) is 18.0. The molecule has 0 radical (unpaired) electrons. The maximum atomic E-state index is 13.7. The van der Waals surface area contributed by atoms with Crippen LogP contribution in [0.25, 0.3) is 21.7 Å². The van der Waals surface area contributed by atoms with Gasteiger partial charge in [0.25, 0.3) is 0 Å². The molecule has 7 heteroatoms. The number of ether oxygens (including phenoxy) is 3. The minimum Gasteiger partial charge on any atom is -0.497 e. The van der Waals surface area contributed by atoms with Gasteiger partial charge in [-0.3, -0.25) is 9.59 Å². The van der Waals surface area contributed by atoms with E-state index in [-0.39, 0.29) is 51.3 Å². The molecule has 0 N–H and O–H groups in total. The average molecular weight is 492 g/mol. The SMILES string of the molecule is COC(=O)c1c(OCc2ccc(OC)cc2)c2ccccc2c2oc3c(c12)C(=O)c1ccccc1C3=O. The molecule has 37 heavy (non-hydrogen) atoms. The summed E-state index contributed by atoms with van der Waals surface area (Å²) in [6, 6.07) is 21.1. The van der Waals surface area contributed by atoms with Crippen molar-refractivity contribution in [2.24, 2.45) is 0 Å². The van der Waals surface area contributed by atoms with Gasteiger partial charge in [0.2, 0.25) is 5.78 Å². The molecule has 0 saturated heterocycles. The maximum Gasteiger partial charge on any atom is 0.342 e. The lowest BCUT2D eigenvalue weighted by Gasteiger charge is -2.16. The molecule has 182 valence electrons.